The van der Waals surface area contributed by atoms with E-state index >= 15 is 0 Å². The largest absolute Gasteiger partial charge is 0.355 e. The van der Waals surface area contributed by atoms with Crippen LogP contribution in [-0.2, 0) is 4.79 Å². The van der Waals surface area contributed by atoms with Crippen LogP contribution >= 0.6 is 0 Å². The smallest absolute Gasteiger partial charge is 0.220 e. The summed E-state index contributed by atoms with van der Waals surface area (Å²) in [6.07, 6.45) is 3.77. The summed E-state index contributed by atoms with van der Waals surface area (Å²) < 4.78 is 0. The zero-order valence-electron chi connectivity index (χ0n) is 12.1. The van der Waals surface area contributed by atoms with Crippen molar-refractivity contribution in [2.45, 2.75) is 31.7 Å². The first-order chi connectivity index (χ1) is 9.75. The highest BCUT2D eigenvalue weighted by Crippen LogP contribution is 2.14. The second-order valence-electron chi connectivity index (χ2n) is 5.45. The number of amides is 1. The molecule has 2 rings (SSSR count). The second kappa shape index (κ2) is 8.02. The van der Waals surface area contributed by atoms with E-state index in [1.807, 2.05) is 30.3 Å². The Morgan fingerprint density at radius 3 is 2.65 bits per heavy atom. The van der Waals surface area contributed by atoms with Crippen molar-refractivity contribution in [1.82, 2.24) is 10.2 Å². The number of nitrogens with zero attached hydrogens (tertiary/aromatic N) is 1. The van der Waals surface area contributed by atoms with Gasteiger partial charge in [-0.3, -0.25) is 4.79 Å². The molecule has 1 fully saturated rings. The molecule has 0 bridgehead atoms. The van der Waals surface area contributed by atoms with Crippen LogP contribution in [0.3, 0.4) is 0 Å². The summed E-state index contributed by atoms with van der Waals surface area (Å²) in [5.41, 5.74) is 7.18. The normalized spacial score (nSPS) is 17.1. The molecule has 0 aromatic heterocycles. The van der Waals surface area contributed by atoms with Gasteiger partial charge >= 0.3 is 0 Å². The molecule has 1 aromatic carbocycles. The van der Waals surface area contributed by atoms with Gasteiger partial charge in [0.05, 0.1) is 0 Å². The van der Waals surface area contributed by atoms with E-state index in [0.29, 0.717) is 12.8 Å². The van der Waals surface area contributed by atoms with Crippen LogP contribution in [0.2, 0.25) is 0 Å². The maximum atomic E-state index is 11.8. The SMILES string of the molecule is NC(CCC(=O)NCCN1CCCC1)c1ccccc1. The average Bonchev–Trinajstić information content (AvgIpc) is 2.99. The molecule has 1 heterocycles. The lowest BCUT2D eigenvalue weighted by atomic mass is 10.0. The van der Waals surface area contributed by atoms with Crippen LogP contribution < -0.4 is 11.1 Å². The first-order valence-electron chi connectivity index (χ1n) is 7.55. The Morgan fingerprint density at radius 1 is 1.25 bits per heavy atom. The summed E-state index contributed by atoms with van der Waals surface area (Å²) in [5.74, 6) is 0.107. The first kappa shape index (κ1) is 15.0. The monoisotopic (exact) mass is 275 g/mol. The lowest BCUT2D eigenvalue weighted by molar-refractivity contribution is -0.121. The van der Waals surface area contributed by atoms with Crippen molar-refractivity contribution in [3.63, 3.8) is 0 Å². The van der Waals surface area contributed by atoms with Gasteiger partial charge in [0.25, 0.3) is 0 Å². The summed E-state index contributed by atoms with van der Waals surface area (Å²) in [4.78, 5) is 14.2. The molecular formula is C16H25N3O. The Morgan fingerprint density at radius 2 is 1.95 bits per heavy atom. The van der Waals surface area contributed by atoms with Crippen LogP contribution in [0.4, 0.5) is 0 Å². The number of benzene rings is 1. The highest BCUT2D eigenvalue weighted by molar-refractivity contribution is 5.75. The summed E-state index contributed by atoms with van der Waals surface area (Å²) in [7, 11) is 0. The lowest BCUT2D eigenvalue weighted by Gasteiger charge is -2.15. The molecule has 0 spiro atoms. The van der Waals surface area contributed by atoms with Gasteiger partial charge in [-0.1, -0.05) is 30.3 Å². The molecule has 4 heteroatoms. The Hall–Kier alpha value is -1.39. The molecule has 3 N–H and O–H groups in total. The van der Waals surface area contributed by atoms with E-state index < -0.39 is 0 Å². The molecule has 20 heavy (non-hydrogen) atoms. The molecule has 1 saturated heterocycles. The van der Waals surface area contributed by atoms with Crippen molar-refractivity contribution in [2.24, 2.45) is 5.73 Å². The van der Waals surface area contributed by atoms with Crippen molar-refractivity contribution in [1.29, 1.82) is 0 Å². The maximum Gasteiger partial charge on any atom is 0.220 e. The number of carbonyl (C=O) groups is 1. The first-order valence-corrected chi connectivity index (χ1v) is 7.55. The molecule has 0 aliphatic carbocycles. The third-order valence-corrected chi connectivity index (χ3v) is 3.86. The molecule has 1 amide bonds. The Labute approximate surface area is 121 Å². The number of likely N-dealkylation sites (tertiary alicyclic amines) is 1. The third-order valence-electron chi connectivity index (χ3n) is 3.86. The van der Waals surface area contributed by atoms with Crippen LogP contribution in [0.1, 0.15) is 37.3 Å². The number of rotatable bonds is 7. The van der Waals surface area contributed by atoms with Crippen molar-refractivity contribution >= 4 is 5.91 Å². The molecule has 0 radical (unpaired) electrons. The van der Waals surface area contributed by atoms with E-state index in [-0.39, 0.29) is 11.9 Å². The minimum Gasteiger partial charge on any atom is -0.355 e. The fourth-order valence-corrected chi connectivity index (χ4v) is 2.60. The van der Waals surface area contributed by atoms with Crippen molar-refractivity contribution in [3.8, 4) is 0 Å². The van der Waals surface area contributed by atoms with E-state index in [2.05, 4.69) is 10.2 Å². The van der Waals surface area contributed by atoms with Crippen molar-refractivity contribution in [3.05, 3.63) is 35.9 Å². The Kier molecular flexibility index (Phi) is 6.02. The molecule has 110 valence electrons. The summed E-state index contributed by atoms with van der Waals surface area (Å²) in [5, 5.41) is 2.98. The number of carbonyl (C=O) groups excluding carboxylic acids is 1. The van der Waals surface area contributed by atoms with Gasteiger partial charge in [-0.05, 0) is 37.9 Å². The quantitative estimate of drug-likeness (QED) is 0.796. The van der Waals surface area contributed by atoms with Gasteiger partial charge in [-0.2, -0.15) is 0 Å². The van der Waals surface area contributed by atoms with Gasteiger partial charge in [0, 0.05) is 25.6 Å². The van der Waals surface area contributed by atoms with Gasteiger partial charge in [0.2, 0.25) is 5.91 Å². The summed E-state index contributed by atoms with van der Waals surface area (Å²) in [6, 6.07) is 9.89. The topological polar surface area (TPSA) is 58.4 Å². The molecule has 1 unspecified atom stereocenters. The Bertz CT molecular complexity index is 401. The van der Waals surface area contributed by atoms with Gasteiger partial charge in [0.15, 0.2) is 0 Å². The third kappa shape index (κ3) is 4.94. The number of hydrogen-bond acceptors (Lipinski definition) is 3. The molecule has 1 atom stereocenters. The number of nitrogens with one attached hydrogen (secondary N) is 1. The Balaban J connectivity index is 1.59. The van der Waals surface area contributed by atoms with E-state index in [4.69, 9.17) is 5.73 Å². The van der Waals surface area contributed by atoms with Crippen molar-refractivity contribution in [2.75, 3.05) is 26.2 Å². The average molecular weight is 275 g/mol. The standard InChI is InChI=1S/C16H25N3O/c17-15(14-6-2-1-3-7-14)8-9-16(20)18-10-13-19-11-4-5-12-19/h1-3,6-7,15H,4-5,8-13,17H2,(H,18,20). The van der Waals surface area contributed by atoms with E-state index in [0.717, 1.165) is 18.7 Å². The molecule has 1 aromatic rings. The predicted molar refractivity (Wildman–Crippen MR) is 81.3 cm³/mol. The van der Waals surface area contributed by atoms with Crippen LogP contribution in [0.5, 0.6) is 0 Å². The van der Waals surface area contributed by atoms with E-state index in [9.17, 15) is 4.79 Å². The molecule has 4 nitrogen and oxygen atoms in total. The van der Waals surface area contributed by atoms with Crippen LogP contribution in [-0.4, -0.2) is 37.0 Å². The molecule has 0 saturated carbocycles. The number of hydrogen-bond donors (Lipinski definition) is 2. The molecule has 1 aliphatic heterocycles. The van der Waals surface area contributed by atoms with Gasteiger partial charge < -0.3 is 16.0 Å². The highest BCUT2D eigenvalue weighted by atomic mass is 16.1. The molecule has 1 aliphatic rings. The lowest BCUT2D eigenvalue weighted by Crippen LogP contribution is -2.33. The van der Waals surface area contributed by atoms with Crippen LogP contribution in [0.25, 0.3) is 0 Å². The van der Waals surface area contributed by atoms with Crippen molar-refractivity contribution < 1.29 is 4.79 Å². The second-order valence-corrected chi connectivity index (χ2v) is 5.45. The zero-order chi connectivity index (χ0) is 14.2. The zero-order valence-corrected chi connectivity index (χ0v) is 12.1. The fourth-order valence-electron chi connectivity index (χ4n) is 2.60. The van der Waals surface area contributed by atoms with Gasteiger partial charge in [-0.25, -0.2) is 0 Å². The summed E-state index contributed by atoms with van der Waals surface area (Å²) in [6.45, 7) is 4.07. The van der Waals surface area contributed by atoms with E-state index in [1.54, 1.807) is 0 Å². The molecular weight excluding hydrogens is 250 g/mol. The van der Waals surface area contributed by atoms with E-state index in [1.165, 1.54) is 25.9 Å². The predicted octanol–water partition coefficient (Wildman–Crippen LogP) is 1.68. The van der Waals surface area contributed by atoms with Gasteiger partial charge in [0.1, 0.15) is 0 Å². The number of nitrogens with two attached hydrogens (primary N) is 1. The minimum absolute atomic E-state index is 0.0551. The van der Waals surface area contributed by atoms with Crippen LogP contribution in [0.15, 0.2) is 30.3 Å². The fraction of sp³-hybridized carbons (Fsp3) is 0.562. The maximum absolute atomic E-state index is 11.8. The minimum atomic E-state index is -0.0551. The van der Waals surface area contributed by atoms with Crippen LogP contribution in [0, 0.1) is 0 Å². The summed E-state index contributed by atoms with van der Waals surface area (Å²) >= 11 is 0. The highest BCUT2D eigenvalue weighted by Gasteiger charge is 2.12. The van der Waals surface area contributed by atoms with Gasteiger partial charge in [-0.15, -0.1) is 0 Å².